The van der Waals surface area contributed by atoms with Crippen LogP contribution in [0.3, 0.4) is 0 Å². The van der Waals surface area contributed by atoms with Crippen LogP contribution in [0.4, 0.5) is 4.79 Å². The molecule has 2 amide bonds. The third-order valence-corrected chi connectivity index (χ3v) is 1.72. The molecule has 0 unspecified atom stereocenters. The highest BCUT2D eigenvalue weighted by Crippen LogP contribution is 2.20. The van der Waals surface area contributed by atoms with Gasteiger partial charge in [0.05, 0.1) is 18.7 Å². The Bertz CT molecular complexity index is 169. The van der Waals surface area contributed by atoms with Crippen molar-refractivity contribution in [1.82, 2.24) is 9.80 Å². The Balaban J connectivity index is 2.38. The van der Waals surface area contributed by atoms with E-state index in [9.17, 15) is 9.90 Å². The summed E-state index contributed by atoms with van der Waals surface area (Å²) in [7, 11) is 3.41. The van der Waals surface area contributed by atoms with E-state index in [1.807, 2.05) is 0 Å². The lowest BCUT2D eigenvalue weighted by atomic mass is 9.98. The monoisotopic (exact) mass is 158 g/mol. The maximum Gasteiger partial charge on any atom is 0.319 e. The minimum absolute atomic E-state index is 0.0310. The molecule has 0 radical (unpaired) electrons. The third kappa shape index (κ3) is 1.63. The van der Waals surface area contributed by atoms with E-state index in [2.05, 4.69) is 0 Å². The number of hydrogen-bond donors (Lipinski definition) is 1. The first-order valence-electron chi connectivity index (χ1n) is 3.61. The van der Waals surface area contributed by atoms with Gasteiger partial charge in [0.25, 0.3) is 0 Å². The van der Waals surface area contributed by atoms with Crippen LogP contribution in [-0.4, -0.2) is 53.7 Å². The molecule has 0 atom stereocenters. The van der Waals surface area contributed by atoms with Gasteiger partial charge in [0.2, 0.25) is 0 Å². The van der Waals surface area contributed by atoms with Gasteiger partial charge in [0.1, 0.15) is 0 Å². The van der Waals surface area contributed by atoms with Crippen LogP contribution in [0.2, 0.25) is 0 Å². The van der Waals surface area contributed by atoms with Crippen LogP contribution < -0.4 is 0 Å². The van der Waals surface area contributed by atoms with Crippen LogP contribution in [0, 0.1) is 0 Å². The molecule has 1 heterocycles. The molecule has 0 bridgehead atoms. The first-order chi connectivity index (χ1) is 4.92. The maximum atomic E-state index is 11.2. The quantitative estimate of drug-likeness (QED) is 0.527. The van der Waals surface area contributed by atoms with E-state index in [0.29, 0.717) is 13.1 Å². The Morgan fingerprint density at radius 1 is 1.55 bits per heavy atom. The molecule has 1 aliphatic heterocycles. The number of rotatable bonds is 0. The second-order valence-electron chi connectivity index (χ2n) is 3.53. The summed E-state index contributed by atoms with van der Waals surface area (Å²) in [6.07, 6.45) is 0. The molecular formula is C7H14N2O2. The average Bonchev–Trinajstić information content (AvgIpc) is 1.80. The van der Waals surface area contributed by atoms with Gasteiger partial charge in [-0.15, -0.1) is 0 Å². The minimum atomic E-state index is -0.661. The van der Waals surface area contributed by atoms with Crippen LogP contribution in [0.25, 0.3) is 0 Å². The zero-order valence-corrected chi connectivity index (χ0v) is 7.16. The fraction of sp³-hybridized carbons (Fsp3) is 0.857. The van der Waals surface area contributed by atoms with Gasteiger partial charge >= 0.3 is 6.03 Å². The molecule has 1 aliphatic rings. The Labute approximate surface area is 66.4 Å². The largest absolute Gasteiger partial charge is 0.386 e. The lowest BCUT2D eigenvalue weighted by Gasteiger charge is -2.44. The summed E-state index contributed by atoms with van der Waals surface area (Å²) in [6, 6.07) is -0.0310. The molecule has 1 rings (SSSR count). The molecule has 1 fully saturated rings. The average molecular weight is 158 g/mol. The highest BCUT2D eigenvalue weighted by Gasteiger charge is 2.39. The second-order valence-corrected chi connectivity index (χ2v) is 3.53. The number of aliphatic hydroxyl groups is 1. The molecular weight excluding hydrogens is 144 g/mol. The van der Waals surface area contributed by atoms with E-state index >= 15 is 0 Å². The summed E-state index contributed by atoms with van der Waals surface area (Å²) in [5, 5.41) is 9.30. The van der Waals surface area contributed by atoms with Crippen molar-refractivity contribution < 1.29 is 9.90 Å². The van der Waals surface area contributed by atoms with Gasteiger partial charge in [-0.1, -0.05) is 0 Å². The van der Waals surface area contributed by atoms with Crippen molar-refractivity contribution in [2.45, 2.75) is 12.5 Å². The van der Waals surface area contributed by atoms with Gasteiger partial charge in [-0.25, -0.2) is 4.79 Å². The number of amides is 2. The van der Waals surface area contributed by atoms with Gasteiger partial charge in [-0.2, -0.15) is 0 Å². The predicted molar refractivity (Wildman–Crippen MR) is 41.3 cm³/mol. The molecule has 0 aromatic heterocycles. The lowest BCUT2D eigenvalue weighted by molar-refractivity contribution is -0.0647. The van der Waals surface area contributed by atoms with Crippen molar-refractivity contribution >= 4 is 6.03 Å². The molecule has 0 spiro atoms. The van der Waals surface area contributed by atoms with Crippen LogP contribution in [-0.2, 0) is 0 Å². The Hall–Kier alpha value is -0.770. The van der Waals surface area contributed by atoms with Crippen LogP contribution in [0.1, 0.15) is 6.92 Å². The lowest BCUT2D eigenvalue weighted by Crippen LogP contribution is -2.63. The number of carbonyl (C=O) groups is 1. The maximum absolute atomic E-state index is 11.2. The zero-order valence-electron chi connectivity index (χ0n) is 7.16. The van der Waals surface area contributed by atoms with E-state index in [-0.39, 0.29) is 6.03 Å². The number of β-amino-alcohol motifs (C(OH)–C–C–N with tert-alkyl or cyclic N) is 1. The molecule has 64 valence electrons. The Kier molecular flexibility index (Phi) is 1.80. The highest BCUT2D eigenvalue weighted by atomic mass is 16.3. The van der Waals surface area contributed by atoms with E-state index in [4.69, 9.17) is 0 Å². The molecule has 0 aromatic rings. The smallest absolute Gasteiger partial charge is 0.319 e. The number of hydrogen-bond acceptors (Lipinski definition) is 2. The van der Waals surface area contributed by atoms with Gasteiger partial charge < -0.3 is 14.9 Å². The van der Waals surface area contributed by atoms with Crippen molar-refractivity contribution in [3.63, 3.8) is 0 Å². The Morgan fingerprint density at radius 3 is 2.27 bits per heavy atom. The Morgan fingerprint density at radius 2 is 2.00 bits per heavy atom. The van der Waals surface area contributed by atoms with E-state index < -0.39 is 5.60 Å². The molecule has 1 saturated heterocycles. The number of likely N-dealkylation sites (tertiary alicyclic amines) is 1. The fourth-order valence-corrected chi connectivity index (χ4v) is 1.19. The molecule has 0 aromatic carbocycles. The van der Waals surface area contributed by atoms with Gasteiger partial charge in [-0.3, -0.25) is 0 Å². The second kappa shape index (κ2) is 2.37. The molecule has 4 nitrogen and oxygen atoms in total. The molecule has 11 heavy (non-hydrogen) atoms. The van der Waals surface area contributed by atoms with Crippen molar-refractivity contribution in [2.75, 3.05) is 27.2 Å². The fourth-order valence-electron chi connectivity index (χ4n) is 1.19. The molecule has 4 heteroatoms. The van der Waals surface area contributed by atoms with Crippen molar-refractivity contribution in [3.8, 4) is 0 Å². The zero-order chi connectivity index (χ0) is 8.65. The van der Waals surface area contributed by atoms with Crippen molar-refractivity contribution in [2.24, 2.45) is 0 Å². The topological polar surface area (TPSA) is 43.8 Å². The third-order valence-electron chi connectivity index (χ3n) is 1.72. The van der Waals surface area contributed by atoms with Gasteiger partial charge in [-0.05, 0) is 6.92 Å². The predicted octanol–water partition coefficient (Wildman–Crippen LogP) is -0.265. The highest BCUT2D eigenvalue weighted by molar-refractivity contribution is 5.75. The summed E-state index contributed by atoms with van der Waals surface area (Å²) in [4.78, 5) is 14.3. The molecule has 0 saturated carbocycles. The van der Waals surface area contributed by atoms with Crippen LogP contribution >= 0.6 is 0 Å². The summed E-state index contributed by atoms with van der Waals surface area (Å²) >= 11 is 0. The van der Waals surface area contributed by atoms with Gasteiger partial charge in [0.15, 0.2) is 0 Å². The summed E-state index contributed by atoms with van der Waals surface area (Å²) < 4.78 is 0. The first kappa shape index (κ1) is 8.33. The minimum Gasteiger partial charge on any atom is -0.386 e. The summed E-state index contributed by atoms with van der Waals surface area (Å²) in [6.45, 7) is 2.63. The molecule has 0 aliphatic carbocycles. The first-order valence-corrected chi connectivity index (χ1v) is 3.61. The summed E-state index contributed by atoms with van der Waals surface area (Å²) in [5.41, 5.74) is -0.661. The van der Waals surface area contributed by atoms with E-state index in [1.54, 1.807) is 25.9 Å². The summed E-state index contributed by atoms with van der Waals surface area (Å²) in [5.74, 6) is 0. The van der Waals surface area contributed by atoms with E-state index in [1.165, 1.54) is 4.90 Å². The standard InChI is InChI=1S/C7H14N2O2/c1-7(11)4-9(5-7)6(10)8(2)3/h11H,4-5H2,1-3H3. The molecule has 1 N–H and O–H groups in total. The van der Waals surface area contributed by atoms with E-state index in [0.717, 1.165) is 0 Å². The van der Waals surface area contributed by atoms with Crippen LogP contribution in [0.5, 0.6) is 0 Å². The number of carbonyl (C=O) groups excluding carboxylic acids is 1. The SMILES string of the molecule is CN(C)C(=O)N1CC(C)(O)C1. The van der Waals surface area contributed by atoms with Crippen molar-refractivity contribution in [3.05, 3.63) is 0 Å². The van der Waals surface area contributed by atoms with Crippen molar-refractivity contribution in [1.29, 1.82) is 0 Å². The number of urea groups is 1. The number of nitrogens with zero attached hydrogens (tertiary/aromatic N) is 2. The van der Waals surface area contributed by atoms with Crippen LogP contribution in [0.15, 0.2) is 0 Å². The van der Waals surface area contributed by atoms with Gasteiger partial charge in [0, 0.05) is 14.1 Å². The normalized spacial score (nSPS) is 20.9.